The van der Waals surface area contributed by atoms with Crippen molar-refractivity contribution in [3.05, 3.63) is 60.2 Å². The Morgan fingerprint density at radius 3 is 2.53 bits per heavy atom. The molecule has 0 N–H and O–H groups in total. The molecule has 1 aliphatic carbocycles. The molecule has 3 atom stereocenters. The number of benzene rings is 2. The van der Waals surface area contributed by atoms with Crippen molar-refractivity contribution in [2.75, 3.05) is 12.9 Å². The van der Waals surface area contributed by atoms with Crippen molar-refractivity contribution in [2.24, 2.45) is 17.8 Å². The van der Waals surface area contributed by atoms with Gasteiger partial charge in [-0.2, -0.15) is 0 Å². The number of rotatable bonds is 10. The minimum Gasteiger partial charge on any atom is -0.497 e. The summed E-state index contributed by atoms with van der Waals surface area (Å²) in [5, 5.41) is 9.68. The standard InChI is InChI=1S/C29H37N3O3S/c1-20(2)25-15-10-21(3)18-26(25)35-27(33)19-36-29-31-30-28(23-11-13-24(34-4)14-12-23)32(29)17-16-22-8-6-5-7-9-22/h5-9,11-14,20-21,25-26H,10,15-19H2,1-4H3/t21-,25-,26-/m1/s1. The molecule has 3 aromatic rings. The zero-order valence-corrected chi connectivity index (χ0v) is 22.5. The first-order chi connectivity index (χ1) is 17.4. The highest BCUT2D eigenvalue weighted by Crippen LogP contribution is 2.35. The van der Waals surface area contributed by atoms with Crippen LogP contribution in [0.3, 0.4) is 0 Å². The fourth-order valence-corrected chi connectivity index (χ4v) is 5.76. The molecule has 1 aromatic heterocycles. The second kappa shape index (κ2) is 12.4. The van der Waals surface area contributed by atoms with Crippen LogP contribution in [0, 0.1) is 17.8 Å². The molecule has 0 spiro atoms. The van der Waals surface area contributed by atoms with E-state index in [1.54, 1.807) is 7.11 Å². The summed E-state index contributed by atoms with van der Waals surface area (Å²) in [5.74, 6) is 3.17. The molecule has 1 heterocycles. The van der Waals surface area contributed by atoms with E-state index < -0.39 is 0 Å². The SMILES string of the molecule is COc1ccc(-c2nnc(SCC(=O)O[C@@H]3C[C@H](C)CC[C@@H]3C(C)C)n2CCc2ccccc2)cc1. The highest BCUT2D eigenvalue weighted by atomic mass is 32.2. The summed E-state index contributed by atoms with van der Waals surface area (Å²) in [6.45, 7) is 7.42. The number of esters is 1. The van der Waals surface area contributed by atoms with Gasteiger partial charge in [-0.1, -0.05) is 69.3 Å². The molecule has 192 valence electrons. The quantitative estimate of drug-likeness (QED) is 0.237. The minimum atomic E-state index is -0.173. The number of carbonyl (C=O) groups excluding carboxylic acids is 1. The van der Waals surface area contributed by atoms with E-state index >= 15 is 0 Å². The number of hydrogen-bond donors (Lipinski definition) is 0. The molecule has 2 aromatic carbocycles. The summed E-state index contributed by atoms with van der Waals surface area (Å²) in [4.78, 5) is 12.9. The van der Waals surface area contributed by atoms with E-state index in [2.05, 4.69) is 47.7 Å². The zero-order valence-electron chi connectivity index (χ0n) is 21.7. The molecule has 0 aliphatic heterocycles. The Bertz CT molecular complexity index is 1110. The first-order valence-electron chi connectivity index (χ1n) is 12.9. The Hall–Kier alpha value is -2.80. The molecular weight excluding hydrogens is 470 g/mol. The Labute approximate surface area is 218 Å². The van der Waals surface area contributed by atoms with Crippen LogP contribution in [0.1, 0.15) is 45.6 Å². The maximum absolute atomic E-state index is 12.9. The summed E-state index contributed by atoms with van der Waals surface area (Å²) in [5.41, 5.74) is 2.20. The topological polar surface area (TPSA) is 66.2 Å². The summed E-state index contributed by atoms with van der Waals surface area (Å²) < 4.78 is 13.4. The monoisotopic (exact) mass is 507 g/mol. The maximum atomic E-state index is 12.9. The number of nitrogens with zero attached hydrogens (tertiary/aromatic N) is 3. The van der Waals surface area contributed by atoms with Crippen molar-refractivity contribution in [3.8, 4) is 17.1 Å². The lowest BCUT2D eigenvalue weighted by Crippen LogP contribution is -2.36. The van der Waals surface area contributed by atoms with Gasteiger partial charge >= 0.3 is 5.97 Å². The predicted molar refractivity (Wildman–Crippen MR) is 144 cm³/mol. The number of aryl methyl sites for hydroxylation is 1. The summed E-state index contributed by atoms with van der Waals surface area (Å²) in [7, 11) is 1.66. The van der Waals surface area contributed by atoms with Crippen LogP contribution in [0.15, 0.2) is 59.8 Å². The molecular formula is C29H37N3O3S. The van der Waals surface area contributed by atoms with E-state index in [0.29, 0.717) is 24.3 Å². The zero-order chi connectivity index (χ0) is 25.5. The van der Waals surface area contributed by atoms with Crippen LogP contribution in [0.2, 0.25) is 0 Å². The van der Waals surface area contributed by atoms with Crippen molar-refractivity contribution < 1.29 is 14.3 Å². The van der Waals surface area contributed by atoms with Gasteiger partial charge in [0.05, 0.1) is 12.9 Å². The first kappa shape index (κ1) is 26.3. The van der Waals surface area contributed by atoms with Gasteiger partial charge in [0.2, 0.25) is 0 Å². The smallest absolute Gasteiger partial charge is 0.316 e. The minimum absolute atomic E-state index is 0.00709. The van der Waals surface area contributed by atoms with Crippen LogP contribution in [0.25, 0.3) is 11.4 Å². The molecule has 0 unspecified atom stereocenters. The summed E-state index contributed by atoms with van der Waals surface area (Å²) in [6.07, 6.45) is 4.14. The second-order valence-electron chi connectivity index (χ2n) is 10.1. The molecule has 4 rings (SSSR count). The maximum Gasteiger partial charge on any atom is 0.316 e. The Balaban J connectivity index is 1.47. The Morgan fingerprint density at radius 1 is 1.08 bits per heavy atom. The molecule has 1 aliphatic rings. The van der Waals surface area contributed by atoms with Crippen LogP contribution in [0.5, 0.6) is 5.75 Å². The predicted octanol–water partition coefficient (Wildman–Crippen LogP) is 6.29. The lowest BCUT2D eigenvalue weighted by molar-refractivity contribution is -0.152. The molecule has 6 nitrogen and oxygen atoms in total. The molecule has 0 amide bonds. The van der Waals surface area contributed by atoms with E-state index in [4.69, 9.17) is 9.47 Å². The first-order valence-corrected chi connectivity index (χ1v) is 13.9. The molecule has 7 heteroatoms. The lowest BCUT2D eigenvalue weighted by Gasteiger charge is -2.36. The van der Waals surface area contributed by atoms with Crippen molar-refractivity contribution >= 4 is 17.7 Å². The summed E-state index contributed by atoms with van der Waals surface area (Å²) >= 11 is 1.40. The van der Waals surface area contributed by atoms with Gasteiger partial charge in [-0.05, 0) is 66.8 Å². The number of hydrogen-bond acceptors (Lipinski definition) is 6. The van der Waals surface area contributed by atoms with E-state index in [0.717, 1.165) is 41.6 Å². The number of carbonyl (C=O) groups is 1. The van der Waals surface area contributed by atoms with E-state index in [1.807, 2.05) is 42.5 Å². The van der Waals surface area contributed by atoms with E-state index in [9.17, 15) is 4.79 Å². The Kier molecular flexibility index (Phi) is 9.08. The van der Waals surface area contributed by atoms with Gasteiger partial charge in [0.1, 0.15) is 11.9 Å². The van der Waals surface area contributed by atoms with Gasteiger partial charge in [0.25, 0.3) is 0 Å². The van der Waals surface area contributed by atoms with Gasteiger partial charge in [0, 0.05) is 12.1 Å². The molecule has 0 radical (unpaired) electrons. The largest absolute Gasteiger partial charge is 0.497 e. The second-order valence-corrected chi connectivity index (χ2v) is 11.0. The molecule has 1 fully saturated rings. The van der Waals surface area contributed by atoms with Crippen LogP contribution in [-0.4, -0.2) is 39.7 Å². The van der Waals surface area contributed by atoms with Crippen molar-refractivity contribution in [1.29, 1.82) is 0 Å². The number of thioether (sulfide) groups is 1. The average molecular weight is 508 g/mol. The highest BCUT2D eigenvalue weighted by molar-refractivity contribution is 7.99. The van der Waals surface area contributed by atoms with Crippen LogP contribution in [0.4, 0.5) is 0 Å². The normalized spacial score (nSPS) is 19.9. The van der Waals surface area contributed by atoms with E-state index in [-0.39, 0.29) is 17.8 Å². The number of ether oxygens (including phenoxy) is 2. The molecule has 0 bridgehead atoms. The van der Waals surface area contributed by atoms with Crippen LogP contribution < -0.4 is 4.74 Å². The van der Waals surface area contributed by atoms with E-state index in [1.165, 1.54) is 23.7 Å². The van der Waals surface area contributed by atoms with Crippen molar-refractivity contribution in [3.63, 3.8) is 0 Å². The fraction of sp³-hybridized carbons (Fsp3) is 0.483. The third kappa shape index (κ3) is 6.69. The van der Waals surface area contributed by atoms with Gasteiger partial charge in [-0.25, -0.2) is 0 Å². The van der Waals surface area contributed by atoms with Gasteiger partial charge in [-0.15, -0.1) is 10.2 Å². The summed E-state index contributed by atoms with van der Waals surface area (Å²) in [6, 6.07) is 18.2. The highest BCUT2D eigenvalue weighted by Gasteiger charge is 2.33. The van der Waals surface area contributed by atoms with Crippen LogP contribution in [-0.2, 0) is 22.5 Å². The Morgan fingerprint density at radius 2 is 1.83 bits per heavy atom. The van der Waals surface area contributed by atoms with Gasteiger partial charge in [-0.3, -0.25) is 4.79 Å². The average Bonchev–Trinajstić information content (AvgIpc) is 3.29. The third-order valence-corrected chi connectivity index (χ3v) is 8.04. The van der Waals surface area contributed by atoms with Gasteiger partial charge in [0.15, 0.2) is 11.0 Å². The van der Waals surface area contributed by atoms with Gasteiger partial charge < -0.3 is 14.0 Å². The molecule has 36 heavy (non-hydrogen) atoms. The lowest BCUT2D eigenvalue weighted by atomic mass is 9.75. The van der Waals surface area contributed by atoms with Crippen LogP contribution >= 0.6 is 11.8 Å². The van der Waals surface area contributed by atoms with Crippen molar-refractivity contribution in [2.45, 2.75) is 64.3 Å². The number of methoxy groups -OCH3 is 1. The molecule has 0 saturated heterocycles. The van der Waals surface area contributed by atoms with Crippen molar-refractivity contribution in [1.82, 2.24) is 14.8 Å². The fourth-order valence-electron chi connectivity index (χ4n) is 5.01. The number of aromatic nitrogens is 3. The third-order valence-electron chi connectivity index (χ3n) is 7.10. The molecule has 1 saturated carbocycles.